The second kappa shape index (κ2) is 5.99. The van der Waals surface area contributed by atoms with Crippen LogP contribution in [0.4, 0.5) is 4.79 Å². The molecule has 24 heavy (non-hydrogen) atoms. The summed E-state index contributed by atoms with van der Waals surface area (Å²) in [6.07, 6.45) is -0.0495. The molecule has 2 amide bonds. The summed E-state index contributed by atoms with van der Waals surface area (Å²) in [5.41, 5.74) is -2.03. The van der Waals surface area contributed by atoms with Gasteiger partial charge in [0, 0.05) is 19.1 Å². The van der Waals surface area contributed by atoms with Crippen molar-refractivity contribution in [3.8, 4) is 0 Å². The monoisotopic (exact) mass is 340 g/mol. The van der Waals surface area contributed by atoms with E-state index in [4.69, 9.17) is 4.74 Å². The molecule has 2 rings (SSSR count). The van der Waals surface area contributed by atoms with Crippen LogP contribution in [0.15, 0.2) is 11.3 Å². The fraction of sp³-hybridized carbons (Fsp3) is 0.688. The highest BCUT2D eigenvalue weighted by Gasteiger charge is 2.51. The predicted octanol–water partition coefficient (Wildman–Crippen LogP) is 1.12. The highest BCUT2D eigenvalue weighted by molar-refractivity contribution is 6.17. The highest BCUT2D eigenvalue weighted by Crippen LogP contribution is 2.40. The second-order valence-electron chi connectivity index (χ2n) is 7.35. The first-order valence-electron chi connectivity index (χ1n) is 7.80. The van der Waals surface area contributed by atoms with Crippen LogP contribution in [0, 0.1) is 5.41 Å². The van der Waals surface area contributed by atoms with Crippen LogP contribution in [-0.4, -0.2) is 59.8 Å². The maximum Gasteiger partial charge on any atom is 0.410 e. The lowest BCUT2D eigenvalue weighted by molar-refractivity contribution is -0.139. The van der Waals surface area contributed by atoms with E-state index in [-0.39, 0.29) is 18.3 Å². The minimum atomic E-state index is -0.980. The first kappa shape index (κ1) is 18.1. The lowest BCUT2D eigenvalue weighted by atomic mass is 9.72. The number of piperidine rings is 1. The van der Waals surface area contributed by atoms with Gasteiger partial charge in [0.05, 0.1) is 12.5 Å². The van der Waals surface area contributed by atoms with Gasteiger partial charge in [-0.3, -0.25) is 4.79 Å². The molecule has 2 atom stereocenters. The number of nitrogens with zero attached hydrogens (tertiary/aromatic N) is 1. The van der Waals surface area contributed by atoms with Crippen molar-refractivity contribution in [2.24, 2.45) is 5.41 Å². The molecular weight excluding hydrogens is 316 g/mol. The van der Waals surface area contributed by atoms with Gasteiger partial charge in [-0.15, -0.1) is 0 Å². The van der Waals surface area contributed by atoms with Gasteiger partial charge in [0.1, 0.15) is 11.4 Å². The first-order chi connectivity index (χ1) is 11.0. The number of esters is 1. The van der Waals surface area contributed by atoms with E-state index in [2.05, 4.69) is 10.1 Å². The quantitative estimate of drug-likeness (QED) is 0.547. The molecule has 0 aromatic carbocycles. The lowest BCUT2D eigenvalue weighted by Crippen LogP contribution is -2.62. The zero-order valence-electron chi connectivity index (χ0n) is 14.6. The summed E-state index contributed by atoms with van der Waals surface area (Å²) < 4.78 is 9.94. The molecule has 0 bridgehead atoms. The molecule has 0 aliphatic carbocycles. The van der Waals surface area contributed by atoms with Gasteiger partial charge in [-0.05, 0) is 34.1 Å². The van der Waals surface area contributed by atoms with Crippen molar-refractivity contribution >= 4 is 18.0 Å². The van der Waals surface area contributed by atoms with Crippen molar-refractivity contribution in [1.29, 1.82) is 0 Å². The fourth-order valence-corrected chi connectivity index (χ4v) is 3.06. The van der Waals surface area contributed by atoms with Crippen LogP contribution in [0.2, 0.25) is 0 Å². The van der Waals surface area contributed by atoms with E-state index in [1.165, 1.54) is 4.90 Å². The van der Waals surface area contributed by atoms with Crippen LogP contribution < -0.4 is 5.32 Å². The zero-order valence-corrected chi connectivity index (χ0v) is 14.6. The number of likely N-dealkylation sites (tertiary alicyclic amines) is 1. The molecule has 1 saturated heterocycles. The summed E-state index contributed by atoms with van der Waals surface area (Å²) >= 11 is 0. The minimum Gasteiger partial charge on any atom is -0.510 e. The van der Waals surface area contributed by atoms with Gasteiger partial charge in [0.15, 0.2) is 5.57 Å². The molecule has 2 aliphatic rings. The molecule has 0 spiro atoms. The SMILES string of the molecule is COC(=O)C1=C(O)C2(C)CN(C(=O)OC(C)(C)C)CCC2NC1=O. The Kier molecular flexibility index (Phi) is 4.52. The third kappa shape index (κ3) is 3.18. The molecule has 0 aromatic heterocycles. The smallest absolute Gasteiger partial charge is 0.410 e. The maximum atomic E-state index is 12.3. The van der Waals surface area contributed by atoms with Gasteiger partial charge in [-0.1, -0.05) is 0 Å². The molecule has 8 nitrogen and oxygen atoms in total. The highest BCUT2D eigenvalue weighted by atomic mass is 16.6. The molecule has 2 heterocycles. The number of nitrogens with one attached hydrogen (secondary N) is 1. The zero-order chi connectivity index (χ0) is 18.3. The molecule has 134 valence electrons. The normalized spacial score (nSPS) is 27.3. The predicted molar refractivity (Wildman–Crippen MR) is 84.1 cm³/mol. The number of rotatable bonds is 1. The Hall–Kier alpha value is -2.25. The van der Waals surface area contributed by atoms with E-state index in [1.807, 2.05) is 0 Å². The molecule has 2 aliphatic heterocycles. The summed E-state index contributed by atoms with van der Waals surface area (Å²) in [6.45, 7) is 7.52. The van der Waals surface area contributed by atoms with Crippen molar-refractivity contribution in [1.82, 2.24) is 10.2 Å². The summed E-state index contributed by atoms with van der Waals surface area (Å²) in [5, 5.41) is 13.3. The number of hydrogen-bond acceptors (Lipinski definition) is 6. The van der Waals surface area contributed by atoms with Crippen molar-refractivity contribution < 1.29 is 29.0 Å². The average molecular weight is 340 g/mol. The number of carbonyl (C=O) groups is 3. The van der Waals surface area contributed by atoms with Gasteiger partial charge >= 0.3 is 12.1 Å². The van der Waals surface area contributed by atoms with E-state index < -0.39 is 34.6 Å². The summed E-state index contributed by atoms with van der Waals surface area (Å²) in [5.74, 6) is -1.91. The van der Waals surface area contributed by atoms with Gasteiger partial charge in [-0.2, -0.15) is 0 Å². The molecule has 0 saturated carbocycles. The van der Waals surface area contributed by atoms with Crippen LogP contribution in [0.1, 0.15) is 34.1 Å². The lowest BCUT2D eigenvalue weighted by Gasteiger charge is -2.48. The van der Waals surface area contributed by atoms with Crippen molar-refractivity contribution in [2.45, 2.75) is 45.8 Å². The minimum absolute atomic E-state index is 0.124. The first-order valence-corrected chi connectivity index (χ1v) is 7.80. The van der Waals surface area contributed by atoms with Gasteiger partial charge in [-0.25, -0.2) is 9.59 Å². The Bertz CT molecular complexity index is 606. The van der Waals surface area contributed by atoms with Crippen LogP contribution in [0.5, 0.6) is 0 Å². The fourth-order valence-electron chi connectivity index (χ4n) is 3.06. The van der Waals surface area contributed by atoms with Crippen molar-refractivity contribution in [3.63, 3.8) is 0 Å². The van der Waals surface area contributed by atoms with Gasteiger partial charge in [0.2, 0.25) is 0 Å². The number of fused-ring (bicyclic) bond motifs is 1. The van der Waals surface area contributed by atoms with Crippen LogP contribution >= 0.6 is 0 Å². The number of carbonyl (C=O) groups excluding carboxylic acids is 3. The van der Waals surface area contributed by atoms with E-state index >= 15 is 0 Å². The Balaban J connectivity index is 2.31. The van der Waals surface area contributed by atoms with Crippen molar-refractivity contribution in [3.05, 3.63) is 11.3 Å². The van der Waals surface area contributed by atoms with Crippen molar-refractivity contribution in [2.75, 3.05) is 20.2 Å². The molecule has 2 N–H and O–H groups in total. The molecule has 2 unspecified atom stereocenters. The van der Waals surface area contributed by atoms with Gasteiger partial charge < -0.3 is 24.8 Å². The average Bonchev–Trinajstić information content (AvgIpc) is 2.46. The summed E-state index contributed by atoms with van der Waals surface area (Å²) in [4.78, 5) is 37.6. The summed E-state index contributed by atoms with van der Waals surface area (Å²) in [6, 6.07) is -0.378. The van der Waals surface area contributed by atoms with E-state index in [1.54, 1.807) is 27.7 Å². The third-order valence-corrected chi connectivity index (χ3v) is 4.33. The van der Waals surface area contributed by atoms with E-state index in [0.29, 0.717) is 13.0 Å². The maximum absolute atomic E-state index is 12.3. The summed E-state index contributed by atoms with van der Waals surface area (Å²) in [7, 11) is 1.14. The third-order valence-electron chi connectivity index (χ3n) is 4.33. The van der Waals surface area contributed by atoms with Crippen LogP contribution in [0.25, 0.3) is 0 Å². The van der Waals surface area contributed by atoms with Gasteiger partial charge in [0.25, 0.3) is 5.91 Å². The number of ether oxygens (including phenoxy) is 2. The van der Waals surface area contributed by atoms with E-state index in [0.717, 1.165) is 7.11 Å². The molecular formula is C16H24N2O6. The van der Waals surface area contributed by atoms with E-state index in [9.17, 15) is 19.5 Å². The topological polar surface area (TPSA) is 105 Å². The standard InChI is InChI=1S/C16H24N2O6/c1-15(2,3)24-14(22)18-7-6-9-16(4,8-18)11(19)10(12(20)17-9)13(21)23-5/h9,19H,6-8H2,1-5H3,(H,17,20). The number of methoxy groups -OCH3 is 1. The molecule has 0 radical (unpaired) electrons. The number of aliphatic hydroxyl groups excluding tert-OH is 1. The molecule has 1 fully saturated rings. The second-order valence-corrected chi connectivity index (χ2v) is 7.35. The Morgan fingerprint density at radius 1 is 1.38 bits per heavy atom. The largest absolute Gasteiger partial charge is 0.510 e. The Morgan fingerprint density at radius 3 is 2.54 bits per heavy atom. The van der Waals surface area contributed by atoms with Crippen LogP contribution in [0.3, 0.4) is 0 Å². The van der Waals surface area contributed by atoms with Crippen LogP contribution in [-0.2, 0) is 19.1 Å². The Morgan fingerprint density at radius 2 is 2.00 bits per heavy atom. The molecule has 8 heteroatoms. The number of amides is 2. The number of hydrogen-bond donors (Lipinski definition) is 2. The number of aliphatic hydroxyl groups is 1. The molecule has 0 aromatic rings. The Labute approximate surface area is 140 Å².